The van der Waals surface area contributed by atoms with Gasteiger partial charge in [0.15, 0.2) is 0 Å². The smallest absolute Gasteiger partial charge is 0.0128 e. The molecule has 0 aromatic rings. The van der Waals surface area contributed by atoms with E-state index in [-0.39, 0.29) is 0 Å². The zero-order valence-corrected chi connectivity index (χ0v) is 11.8. The summed E-state index contributed by atoms with van der Waals surface area (Å²) >= 11 is 0. The van der Waals surface area contributed by atoms with Crippen LogP contribution in [0.4, 0.5) is 0 Å². The Labute approximate surface area is 102 Å². The number of hydrogen-bond acceptors (Lipinski definition) is 2. The molecule has 1 aliphatic carbocycles. The van der Waals surface area contributed by atoms with Crippen molar-refractivity contribution in [3.8, 4) is 0 Å². The molecule has 96 valence electrons. The Bertz CT molecular complexity index is 191. The van der Waals surface area contributed by atoms with E-state index >= 15 is 0 Å². The average molecular weight is 226 g/mol. The summed E-state index contributed by atoms with van der Waals surface area (Å²) in [7, 11) is 0. The van der Waals surface area contributed by atoms with E-state index in [9.17, 15) is 0 Å². The maximum absolute atomic E-state index is 3.63. The first kappa shape index (κ1) is 14.0. The van der Waals surface area contributed by atoms with Crippen molar-refractivity contribution in [2.75, 3.05) is 19.6 Å². The molecule has 0 spiro atoms. The van der Waals surface area contributed by atoms with Crippen LogP contribution in [0.1, 0.15) is 53.9 Å². The van der Waals surface area contributed by atoms with Crippen LogP contribution in [-0.4, -0.2) is 36.6 Å². The SMILES string of the molecule is CCNC(CCN(CC)C1CC1)C(C)(C)C. The van der Waals surface area contributed by atoms with Gasteiger partial charge in [-0.1, -0.05) is 34.6 Å². The monoisotopic (exact) mass is 226 g/mol. The van der Waals surface area contributed by atoms with Crippen LogP contribution in [0.2, 0.25) is 0 Å². The molecule has 1 aliphatic rings. The summed E-state index contributed by atoms with van der Waals surface area (Å²) in [6, 6.07) is 1.55. The van der Waals surface area contributed by atoms with Crippen molar-refractivity contribution in [3.05, 3.63) is 0 Å². The van der Waals surface area contributed by atoms with Crippen molar-refractivity contribution in [2.24, 2.45) is 5.41 Å². The maximum atomic E-state index is 3.63. The number of nitrogens with one attached hydrogen (secondary N) is 1. The second-order valence-corrected chi connectivity index (χ2v) is 6.12. The van der Waals surface area contributed by atoms with Crippen molar-refractivity contribution in [1.82, 2.24) is 10.2 Å². The van der Waals surface area contributed by atoms with Gasteiger partial charge >= 0.3 is 0 Å². The minimum absolute atomic E-state index is 0.374. The van der Waals surface area contributed by atoms with E-state index in [1.165, 1.54) is 32.4 Å². The summed E-state index contributed by atoms with van der Waals surface area (Å²) < 4.78 is 0. The summed E-state index contributed by atoms with van der Waals surface area (Å²) in [6.07, 6.45) is 4.13. The van der Waals surface area contributed by atoms with Gasteiger partial charge in [-0.3, -0.25) is 0 Å². The van der Waals surface area contributed by atoms with Crippen LogP contribution < -0.4 is 5.32 Å². The van der Waals surface area contributed by atoms with Gasteiger partial charge in [-0.15, -0.1) is 0 Å². The highest BCUT2D eigenvalue weighted by atomic mass is 15.2. The molecule has 0 bridgehead atoms. The first-order valence-electron chi connectivity index (χ1n) is 6.96. The summed E-state index contributed by atoms with van der Waals surface area (Å²) in [4.78, 5) is 2.65. The first-order chi connectivity index (χ1) is 7.49. The summed E-state index contributed by atoms with van der Waals surface area (Å²) in [5, 5.41) is 3.63. The molecule has 1 saturated carbocycles. The highest BCUT2D eigenvalue weighted by Gasteiger charge is 2.29. The molecular weight excluding hydrogens is 196 g/mol. The Balaban J connectivity index is 2.36. The lowest BCUT2D eigenvalue weighted by Gasteiger charge is -2.33. The number of rotatable bonds is 7. The average Bonchev–Trinajstić information content (AvgIpc) is 2.99. The Morgan fingerprint density at radius 1 is 1.25 bits per heavy atom. The van der Waals surface area contributed by atoms with Gasteiger partial charge in [-0.05, 0) is 44.3 Å². The molecule has 0 aromatic heterocycles. The molecule has 1 fully saturated rings. The van der Waals surface area contributed by atoms with Gasteiger partial charge < -0.3 is 10.2 Å². The summed E-state index contributed by atoms with van der Waals surface area (Å²) in [6.45, 7) is 15.1. The highest BCUT2D eigenvalue weighted by molar-refractivity contribution is 4.86. The molecule has 1 atom stereocenters. The first-order valence-corrected chi connectivity index (χ1v) is 6.96. The van der Waals surface area contributed by atoms with E-state index in [0.29, 0.717) is 11.5 Å². The van der Waals surface area contributed by atoms with Gasteiger partial charge in [0.25, 0.3) is 0 Å². The van der Waals surface area contributed by atoms with Crippen molar-refractivity contribution < 1.29 is 0 Å². The molecule has 2 nitrogen and oxygen atoms in total. The predicted octanol–water partition coefficient (Wildman–Crippen LogP) is 2.89. The molecule has 0 saturated heterocycles. The number of nitrogens with zero attached hydrogens (tertiary/aromatic N) is 1. The van der Waals surface area contributed by atoms with E-state index in [1.807, 2.05) is 0 Å². The normalized spacial score (nSPS) is 19.1. The second-order valence-electron chi connectivity index (χ2n) is 6.12. The van der Waals surface area contributed by atoms with Crippen LogP contribution in [0.5, 0.6) is 0 Å². The Kier molecular flexibility index (Phi) is 5.26. The zero-order valence-electron chi connectivity index (χ0n) is 11.8. The molecule has 2 heteroatoms. The van der Waals surface area contributed by atoms with Gasteiger partial charge in [-0.2, -0.15) is 0 Å². The van der Waals surface area contributed by atoms with Crippen LogP contribution in [0.15, 0.2) is 0 Å². The number of hydrogen-bond donors (Lipinski definition) is 1. The van der Waals surface area contributed by atoms with Gasteiger partial charge in [0.05, 0.1) is 0 Å². The Morgan fingerprint density at radius 3 is 2.25 bits per heavy atom. The molecule has 1 rings (SSSR count). The molecule has 0 heterocycles. The van der Waals surface area contributed by atoms with Gasteiger partial charge in [0, 0.05) is 12.1 Å². The lowest BCUT2D eigenvalue weighted by molar-refractivity contribution is 0.205. The van der Waals surface area contributed by atoms with Crippen LogP contribution in [0, 0.1) is 5.41 Å². The topological polar surface area (TPSA) is 15.3 Å². The molecule has 0 amide bonds. The van der Waals surface area contributed by atoms with Gasteiger partial charge in [-0.25, -0.2) is 0 Å². The van der Waals surface area contributed by atoms with Gasteiger partial charge in [0.1, 0.15) is 0 Å². The van der Waals surface area contributed by atoms with Crippen molar-refractivity contribution in [1.29, 1.82) is 0 Å². The third kappa shape index (κ3) is 4.42. The van der Waals surface area contributed by atoms with Crippen LogP contribution in [-0.2, 0) is 0 Å². The minimum Gasteiger partial charge on any atom is -0.314 e. The second kappa shape index (κ2) is 6.02. The molecule has 0 aromatic carbocycles. The standard InChI is InChI=1S/C14H30N2/c1-6-15-13(14(3,4)5)10-11-16(7-2)12-8-9-12/h12-13,15H,6-11H2,1-5H3. The predicted molar refractivity (Wildman–Crippen MR) is 71.8 cm³/mol. The minimum atomic E-state index is 0.374. The van der Waals surface area contributed by atoms with Crippen molar-refractivity contribution >= 4 is 0 Å². The Morgan fingerprint density at radius 2 is 1.88 bits per heavy atom. The zero-order chi connectivity index (χ0) is 12.2. The lowest BCUT2D eigenvalue weighted by Crippen LogP contribution is -2.43. The fourth-order valence-corrected chi connectivity index (χ4v) is 2.42. The third-order valence-electron chi connectivity index (χ3n) is 3.67. The lowest BCUT2D eigenvalue weighted by atomic mass is 9.84. The largest absolute Gasteiger partial charge is 0.314 e. The van der Waals surface area contributed by atoms with E-state index in [1.54, 1.807) is 0 Å². The van der Waals surface area contributed by atoms with Crippen LogP contribution in [0.3, 0.4) is 0 Å². The van der Waals surface area contributed by atoms with Crippen molar-refractivity contribution in [3.63, 3.8) is 0 Å². The highest BCUT2D eigenvalue weighted by Crippen LogP contribution is 2.28. The van der Waals surface area contributed by atoms with Crippen LogP contribution >= 0.6 is 0 Å². The van der Waals surface area contributed by atoms with Gasteiger partial charge in [0.2, 0.25) is 0 Å². The quantitative estimate of drug-likeness (QED) is 0.718. The van der Waals surface area contributed by atoms with Crippen LogP contribution in [0.25, 0.3) is 0 Å². The summed E-state index contributed by atoms with van der Waals surface area (Å²) in [5.41, 5.74) is 0.374. The Hall–Kier alpha value is -0.0800. The van der Waals surface area contributed by atoms with Crippen molar-refractivity contribution in [2.45, 2.75) is 66.0 Å². The maximum Gasteiger partial charge on any atom is 0.0128 e. The van der Waals surface area contributed by atoms with E-state index in [4.69, 9.17) is 0 Å². The molecule has 1 N–H and O–H groups in total. The fourth-order valence-electron chi connectivity index (χ4n) is 2.42. The fraction of sp³-hybridized carbons (Fsp3) is 1.00. The van der Waals surface area contributed by atoms with E-state index in [2.05, 4.69) is 44.8 Å². The molecule has 16 heavy (non-hydrogen) atoms. The molecule has 0 aliphatic heterocycles. The van der Waals surface area contributed by atoms with E-state index in [0.717, 1.165) is 12.6 Å². The van der Waals surface area contributed by atoms with E-state index < -0.39 is 0 Å². The molecule has 1 unspecified atom stereocenters. The summed E-state index contributed by atoms with van der Waals surface area (Å²) in [5.74, 6) is 0. The third-order valence-corrected chi connectivity index (χ3v) is 3.67. The molecule has 0 radical (unpaired) electrons. The molecular formula is C14H30N2.